The van der Waals surface area contributed by atoms with E-state index in [1.54, 1.807) is 7.11 Å². The summed E-state index contributed by atoms with van der Waals surface area (Å²) in [6, 6.07) is 9.73. The third kappa shape index (κ3) is 6.04. The van der Waals surface area contributed by atoms with E-state index >= 15 is 0 Å². The molecule has 0 aliphatic heterocycles. The second-order valence-electron chi connectivity index (χ2n) is 3.97. The maximum atomic E-state index is 11.6. The molecule has 1 aromatic carbocycles. The molecular weight excluding hydrogens is 216 g/mol. The van der Waals surface area contributed by atoms with E-state index in [0.717, 1.165) is 5.69 Å². The second-order valence-corrected chi connectivity index (χ2v) is 3.97. The van der Waals surface area contributed by atoms with E-state index in [4.69, 9.17) is 4.74 Å². The Morgan fingerprint density at radius 1 is 1.35 bits per heavy atom. The monoisotopic (exact) mass is 236 g/mol. The van der Waals surface area contributed by atoms with Crippen molar-refractivity contribution in [2.45, 2.75) is 19.4 Å². The van der Waals surface area contributed by atoms with Crippen molar-refractivity contribution in [3.63, 3.8) is 0 Å². The third-order valence-electron chi connectivity index (χ3n) is 2.32. The van der Waals surface area contributed by atoms with Gasteiger partial charge >= 0.3 is 0 Å². The molecule has 1 aromatic rings. The molecule has 0 fully saturated rings. The Balaban J connectivity index is 2.18. The molecule has 0 saturated carbocycles. The molecule has 0 saturated heterocycles. The van der Waals surface area contributed by atoms with Gasteiger partial charge in [-0.25, -0.2) is 0 Å². The largest absolute Gasteiger partial charge is 0.383 e. The molecule has 1 amide bonds. The summed E-state index contributed by atoms with van der Waals surface area (Å²) in [5.74, 6) is 0.0216. The minimum absolute atomic E-state index is 0.0216. The van der Waals surface area contributed by atoms with Crippen molar-refractivity contribution in [1.82, 2.24) is 5.32 Å². The summed E-state index contributed by atoms with van der Waals surface area (Å²) >= 11 is 0. The second kappa shape index (κ2) is 7.81. The van der Waals surface area contributed by atoms with Gasteiger partial charge in [-0.15, -0.1) is 0 Å². The van der Waals surface area contributed by atoms with Crippen molar-refractivity contribution in [2.24, 2.45) is 0 Å². The summed E-state index contributed by atoms with van der Waals surface area (Å²) in [6.07, 6.45) is 0.461. The number of para-hydroxylation sites is 1. The van der Waals surface area contributed by atoms with E-state index in [1.807, 2.05) is 37.3 Å². The molecule has 0 bridgehead atoms. The molecule has 4 heteroatoms. The highest BCUT2D eigenvalue weighted by Crippen LogP contribution is 2.04. The molecular formula is C13H20N2O2. The lowest BCUT2D eigenvalue weighted by Crippen LogP contribution is -2.32. The Labute approximate surface area is 102 Å². The van der Waals surface area contributed by atoms with Crippen LogP contribution in [0.15, 0.2) is 30.3 Å². The Morgan fingerprint density at radius 2 is 2.06 bits per heavy atom. The quantitative estimate of drug-likeness (QED) is 0.756. The standard InChI is InChI=1S/C13H20N2O2/c1-11(10-17-2)14-9-8-13(16)15-12-6-4-3-5-7-12/h3-7,11,14H,8-10H2,1-2H3,(H,15,16). The van der Waals surface area contributed by atoms with Crippen LogP contribution >= 0.6 is 0 Å². The van der Waals surface area contributed by atoms with Crippen molar-refractivity contribution in [3.8, 4) is 0 Å². The minimum atomic E-state index is 0.0216. The predicted molar refractivity (Wildman–Crippen MR) is 69.0 cm³/mol. The minimum Gasteiger partial charge on any atom is -0.383 e. The lowest BCUT2D eigenvalue weighted by molar-refractivity contribution is -0.116. The summed E-state index contributed by atoms with van der Waals surface area (Å²) in [6.45, 7) is 3.34. The van der Waals surface area contributed by atoms with Gasteiger partial charge in [-0.3, -0.25) is 4.79 Å². The molecule has 1 atom stereocenters. The Hall–Kier alpha value is -1.39. The van der Waals surface area contributed by atoms with E-state index in [-0.39, 0.29) is 11.9 Å². The summed E-state index contributed by atoms with van der Waals surface area (Å²) in [5.41, 5.74) is 0.836. The molecule has 0 aliphatic rings. The average Bonchev–Trinajstić information content (AvgIpc) is 2.30. The van der Waals surface area contributed by atoms with Crippen LogP contribution in [0.4, 0.5) is 5.69 Å². The third-order valence-corrected chi connectivity index (χ3v) is 2.32. The van der Waals surface area contributed by atoms with Crippen molar-refractivity contribution < 1.29 is 9.53 Å². The van der Waals surface area contributed by atoms with Crippen LogP contribution in [-0.4, -0.2) is 32.2 Å². The number of anilines is 1. The average molecular weight is 236 g/mol. The maximum Gasteiger partial charge on any atom is 0.225 e. The smallest absolute Gasteiger partial charge is 0.225 e. The van der Waals surface area contributed by atoms with Crippen LogP contribution in [0.2, 0.25) is 0 Å². The van der Waals surface area contributed by atoms with Crippen LogP contribution in [0.25, 0.3) is 0 Å². The summed E-state index contributed by atoms with van der Waals surface area (Å²) in [5, 5.41) is 6.05. The molecule has 4 nitrogen and oxygen atoms in total. The van der Waals surface area contributed by atoms with Gasteiger partial charge in [0.1, 0.15) is 0 Å². The molecule has 1 unspecified atom stereocenters. The van der Waals surface area contributed by atoms with Gasteiger partial charge in [0, 0.05) is 31.8 Å². The number of carbonyl (C=O) groups excluding carboxylic acids is 1. The highest BCUT2D eigenvalue weighted by Gasteiger charge is 2.04. The molecule has 0 spiro atoms. The van der Waals surface area contributed by atoms with Gasteiger partial charge in [-0.2, -0.15) is 0 Å². The highest BCUT2D eigenvalue weighted by atomic mass is 16.5. The van der Waals surface area contributed by atoms with Gasteiger partial charge in [-0.1, -0.05) is 18.2 Å². The van der Waals surface area contributed by atoms with Gasteiger partial charge in [0.2, 0.25) is 5.91 Å². The molecule has 0 aliphatic carbocycles. The molecule has 94 valence electrons. The maximum absolute atomic E-state index is 11.6. The summed E-state index contributed by atoms with van der Waals surface area (Å²) in [7, 11) is 1.67. The summed E-state index contributed by atoms with van der Waals surface area (Å²) in [4.78, 5) is 11.6. The predicted octanol–water partition coefficient (Wildman–Crippen LogP) is 1.64. The zero-order chi connectivity index (χ0) is 12.5. The lowest BCUT2D eigenvalue weighted by atomic mass is 10.3. The van der Waals surface area contributed by atoms with Gasteiger partial charge in [0.05, 0.1) is 6.61 Å². The van der Waals surface area contributed by atoms with Crippen molar-refractivity contribution in [3.05, 3.63) is 30.3 Å². The van der Waals surface area contributed by atoms with E-state index in [2.05, 4.69) is 10.6 Å². The Morgan fingerprint density at radius 3 is 2.71 bits per heavy atom. The van der Waals surface area contributed by atoms with E-state index < -0.39 is 0 Å². The zero-order valence-corrected chi connectivity index (χ0v) is 10.4. The van der Waals surface area contributed by atoms with Gasteiger partial charge in [0.15, 0.2) is 0 Å². The van der Waals surface area contributed by atoms with E-state index in [1.165, 1.54) is 0 Å². The number of amides is 1. The number of benzene rings is 1. The zero-order valence-electron chi connectivity index (χ0n) is 10.4. The number of carbonyl (C=O) groups is 1. The van der Waals surface area contributed by atoms with Crippen LogP contribution in [0, 0.1) is 0 Å². The number of nitrogens with one attached hydrogen (secondary N) is 2. The molecule has 2 N–H and O–H groups in total. The number of methoxy groups -OCH3 is 1. The van der Waals surface area contributed by atoms with E-state index in [0.29, 0.717) is 19.6 Å². The topological polar surface area (TPSA) is 50.4 Å². The molecule has 17 heavy (non-hydrogen) atoms. The lowest BCUT2D eigenvalue weighted by Gasteiger charge is -2.12. The van der Waals surface area contributed by atoms with Crippen LogP contribution < -0.4 is 10.6 Å². The first-order chi connectivity index (χ1) is 8.22. The first-order valence-electron chi connectivity index (χ1n) is 5.79. The number of ether oxygens (including phenoxy) is 1. The van der Waals surface area contributed by atoms with Gasteiger partial charge < -0.3 is 15.4 Å². The Bertz CT molecular complexity index is 327. The van der Waals surface area contributed by atoms with E-state index in [9.17, 15) is 4.79 Å². The van der Waals surface area contributed by atoms with Crippen LogP contribution in [0.3, 0.4) is 0 Å². The van der Waals surface area contributed by atoms with Crippen molar-refractivity contribution in [1.29, 1.82) is 0 Å². The van der Waals surface area contributed by atoms with Gasteiger partial charge in [0.25, 0.3) is 0 Å². The Kier molecular flexibility index (Phi) is 6.29. The first-order valence-corrected chi connectivity index (χ1v) is 5.79. The summed E-state index contributed by atoms with van der Waals surface area (Å²) < 4.78 is 4.99. The normalized spacial score (nSPS) is 12.1. The molecule has 1 rings (SSSR count). The van der Waals surface area contributed by atoms with Crippen molar-refractivity contribution in [2.75, 3.05) is 25.6 Å². The molecule has 0 aromatic heterocycles. The fourth-order valence-electron chi connectivity index (χ4n) is 1.49. The molecule has 0 radical (unpaired) electrons. The number of hydrogen-bond donors (Lipinski definition) is 2. The van der Waals surface area contributed by atoms with Crippen LogP contribution in [0.1, 0.15) is 13.3 Å². The number of rotatable bonds is 7. The van der Waals surface area contributed by atoms with Gasteiger partial charge in [-0.05, 0) is 19.1 Å². The van der Waals surface area contributed by atoms with Crippen LogP contribution in [-0.2, 0) is 9.53 Å². The highest BCUT2D eigenvalue weighted by molar-refractivity contribution is 5.90. The van der Waals surface area contributed by atoms with Crippen molar-refractivity contribution >= 4 is 11.6 Å². The first kappa shape index (κ1) is 13.7. The SMILES string of the molecule is COCC(C)NCCC(=O)Nc1ccccc1. The molecule has 0 heterocycles. The fraction of sp³-hybridized carbons (Fsp3) is 0.462. The number of hydrogen-bond acceptors (Lipinski definition) is 3. The fourth-order valence-corrected chi connectivity index (χ4v) is 1.49. The van der Waals surface area contributed by atoms with Crippen LogP contribution in [0.5, 0.6) is 0 Å².